The minimum Gasteiger partial charge on any atom is -0.380 e. The standard InChI is InChI=1S/C26H38F2O/c1-3-4-5-19-8-12-22(13-9-19)23-14-10-20(11-15-23)6-7-21-16-25(27)24(18-29-2)26(28)17-21/h3,16-17,19-20,22-23H,1,4-15,18H2,2H3/t19-,20?,22-,23?. The molecule has 3 heteroatoms. The Balaban J connectivity index is 1.40. The molecule has 1 aromatic rings. The zero-order valence-electron chi connectivity index (χ0n) is 18.1. The molecule has 2 aliphatic carbocycles. The third-order valence-corrected chi connectivity index (χ3v) is 7.56. The maximum absolute atomic E-state index is 14.1. The number of rotatable bonds is 9. The van der Waals surface area contributed by atoms with Gasteiger partial charge < -0.3 is 4.74 Å². The summed E-state index contributed by atoms with van der Waals surface area (Å²) in [4.78, 5) is 0. The molecule has 1 aromatic carbocycles. The van der Waals surface area contributed by atoms with E-state index in [1.165, 1.54) is 83.5 Å². The van der Waals surface area contributed by atoms with E-state index < -0.39 is 11.6 Å². The van der Waals surface area contributed by atoms with Crippen molar-refractivity contribution in [3.8, 4) is 0 Å². The SMILES string of the molecule is C=CCC[C@H]1CC[C@H](C2CCC(CCc3cc(F)c(COC)c(F)c3)CC2)CC1. The highest BCUT2D eigenvalue weighted by Gasteiger charge is 2.30. The van der Waals surface area contributed by atoms with E-state index in [0.29, 0.717) is 5.92 Å². The molecule has 2 saturated carbocycles. The van der Waals surface area contributed by atoms with E-state index in [2.05, 4.69) is 12.7 Å². The Morgan fingerprint density at radius 1 is 0.897 bits per heavy atom. The summed E-state index contributed by atoms with van der Waals surface area (Å²) < 4.78 is 33.1. The molecule has 2 aliphatic rings. The van der Waals surface area contributed by atoms with Gasteiger partial charge >= 0.3 is 0 Å². The van der Waals surface area contributed by atoms with E-state index >= 15 is 0 Å². The first-order valence-electron chi connectivity index (χ1n) is 11.7. The van der Waals surface area contributed by atoms with Gasteiger partial charge in [0.05, 0.1) is 6.61 Å². The van der Waals surface area contributed by atoms with Crippen molar-refractivity contribution in [1.29, 1.82) is 0 Å². The predicted octanol–water partition coefficient (Wildman–Crippen LogP) is 7.62. The van der Waals surface area contributed by atoms with Crippen LogP contribution in [0.15, 0.2) is 24.8 Å². The van der Waals surface area contributed by atoms with Crippen LogP contribution in [0.4, 0.5) is 8.78 Å². The van der Waals surface area contributed by atoms with Gasteiger partial charge in [-0.2, -0.15) is 0 Å². The van der Waals surface area contributed by atoms with Crippen LogP contribution in [0.2, 0.25) is 0 Å². The Kier molecular flexibility index (Phi) is 8.71. The van der Waals surface area contributed by atoms with Crippen molar-refractivity contribution >= 4 is 0 Å². The second-order valence-corrected chi connectivity index (χ2v) is 9.44. The molecule has 0 unspecified atom stereocenters. The number of benzene rings is 1. The molecule has 0 amide bonds. The monoisotopic (exact) mass is 404 g/mol. The number of halogens is 2. The van der Waals surface area contributed by atoms with Gasteiger partial charge in [0.1, 0.15) is 11.6 Å². The molecule has 0 heterocycles. The van der Waals surface area contributed by atoms with Gasteiger partial charge in [-0.1, -0.05) is 31.8 Å². The molecule has 0 spiro atoms. The predicted molar refractivity (Wildman–Crippen MR) is 116 cm³/mol. The number of aryl methyl sites for hydroxylation is 1. The normalized spacial score (nSPS) is 27.7. The summed E-state index contributed by atoms with van der Waals surface area (Å²) >= 11 is 0. The van der Waals surface area contributed by atoms with Crippen molar-refractivity contribution in [3.63, 3.8) is 0 Å². The average Bonchev–Trinajstić information content (AvgIpc) is 2.74. The molecule has 2 fully saturated rings. The number of hydrogen-bond acceptors (Lipinski definition) is 1. The van der Waals surface area contributed by atoms with Gasteiger partial charge in [-0.3, -0.25) is 0 Å². The summed E-state index contributed by atoms with van der Waals surface area (Å²) in [7, 11) is 1.46. The van der Waals surface area contributed by atoms with E-state index in [0.717, 1.165) is 36.2 Å². The van der Waals surface area contributed by atoms with Crippen LogP contribution in [0.3, 0.4) is 0 Å². The summed E-state index contributed by atoms with van der Waals surface area (Å²) in [5.41, 5.74) is 0.816. The summed E-state index contributed by atoms with van der Waals surface area (Å²) in [6.45, 7) is 3.84. The number of hydrogen-bond donors (Lipinski definition) is 0. The van der Waals surface area contributed by atoms with Crippen molar-refractivity contribution in [2.24, 2.45) is 23.7 Å². The maximum Gasteiger partial charge on any atom is 0.131 e. The number of methoxy groups -OCH3 is 1. The van der Waals surface area contributed by atoms with Crippen LogP contribution >= 0.6 is 0 Å². The number of allylic oxidation sites excluding steroid dienone is 1. The molecule has 1 nitrogen and oxygen atoms in total. The van der Waals surface area contributed by atoms with E-state index in [4.69, 9.17) is 4.74 Å². The van der Waals surface area contributed by atoms with Gasteiger partial charge in [0.25, 0.3) is 0 Å². The van der Waals surface area contributed by atoms with Crippen LogP contribution in [-0.2, 0) is 17.8 Å². The summed E-state index contributed by atoms with van der Waals surface area (Å²) in [6, 6.07) is 2.99. The van der Waals surface area contributed by atoms with Crippen molar-refractivity contribution in [2.45, 2.75) is 83.7 Å². The van der Waals surface area contributed by atoms with Gasteiger partial charge in [0.15, 0.2) is 0 Å². The minimum absolute atomic E-state index is 0.0157. The molecule has 0 aromatic heterocycles. The molecule has 0 N–H and O–H groups in total. The Morgan fingerprint density at radius 2 is 1.41 bits per heavy atom. The van der Waals surface area contributed by atoms with Crippen molar-refractivity contribution in [3.05, 3.63) is 47.5 Å². The number of ether oxygens (including phenoxy) is 1. The Labute approximate surface area is 175 Å². The highest BCUT2D eigenvalue weighted by molar-refractivity contribution is 5.26. The molecular formula is C26H38F2O. The molecule has 162 valence electrons. The van der Waals surface area contributed by atoms with Crippen molar-refractivity contribution in [2.75, 3.05) is 7.11 Å². The average molecular weight is 405 g/mol. The first kappa shape index (κ1) is 22.5. The highest BCUT2D eigenvalue weighted by Crippen LogP contribution is 2.43. The lowest BCUT2D eigenvalue weighted by Crippen LogP contribution is -2.26. The third kappa shape index (κ3) is 6.38. The largest absolute Gasteiger partial charge is 0.380 e. The van der Waals surface area contributed by atoms with Gasteiger partial charge in [-0.25, -0.2) is 8.78 Å². The first-order chi connectivity index (χ1) is 14.1. The van der Waals surface area contributed by atoms with E-state index in [1.54, 1.807) is 0 Å². The molecule has 3 rings (SSSR count). The lowest BCUT2D eigenvalue weighted by atomic mass is 9.68. The molecule has 29 heavy (non-hydrogen) atoms. The maximum atomic E-state index is 14.1. The Morgan fingerprint density at radius 3 is 1.90 bits per heavy atom. The van der Waals surface area contributed by atoms with Gasteiger partial charge in [-0.15, -0.1) is 6.58 Å². The smallest absolute Gasteiger partial charge is 0.131 e. The van der Waals surface area contributed by atoms with E-state index in [1.807, 2.05) is 0 Å². The third-order valence-electron chi connectivity index (χ3n) is 7.56. The van der Waals surface area contributed by atoms with Crippen LogP contribution in [0.1, 0.15) is 81.8 Å². The van der Waals surface area contributed by atoms with E-state index in [9.17, 15) is 8.78 Å². The molecule has 0 radical (unpaired) electrons. The van der Waals surface area contributed by atoms with Crippen LogP contribution in [0, 0.1) is 35.3 Å². The quantitative estimate of drug-likeness (QED) is 0.385. The van der Waals surface area contributed by atoms with Crippen LogP contribution < -0.4 is 0 Å². The molecule has 0 bridgehead atoms. The lowest BCUT2D eigenvalue weighted by Gasteiger charge is -2.38. The van der Waals surface area contributed by atoms with Crippen LogP contribution in [-0.4, -0.2) is 7.11 Å². The second-order valence-electron chi connectivity index (χ2n) is 9.44. The Bertz CT molecular complexity index is 617. The summed E-state index contributed by atoms with van der Waals surface area (Å²) in [5, 5.41) is 0. The molecular weight excluding hydrogens is 366 g/mol. The lowest BCUT2D eigenvalue weighted by molar-refractivity contribution is 0.141. The van der Waals surface area contributed by atoms with Gasteiger partial charge in [0, 0.05) is 12.7 Å². The second kappa shape index (κ2) is 11.2. The van der Waals surface area contributed by atoms with Crippen molar-refractivity contribution < 1.29 is 13.5 Å². The molecule has 0 aliphatic heterocycles. The minimum atomic E-state index is -0.478. The summed E-state index contributed by atoms with van der Waals surface area (Å²) in [6.07, 6.45) is 17.3. The van der Waals surface area contributed by atoms with Gasteiger partial charge in [-0.05, 0) is 92.7 Å². The van der Waals surface area contributed by atoms with E-state index in [-0.39, 0.29) is 12.2 Å². The topological polar surface area (TPSA) is 9.23 Å². The van der Waals surface area contributed by atoms with Crippen molar-refractivity contribution in [1.82, 2.24) is 0 Å². The molecule has 0 saturated heterocycles. The van der Waals surface area contributed by atoms with Gasteiger partial charge in [0.2, 0.25) is 0 Å². The zero-order chi connectivity index (χ0) is 20.6. The highest BCUT2D eigenvalue weighted by atomic mass is 19.1. The fourth-order valence-corrected chi connectivity index (χ4v) is 5.70. The summed E-state index contributed by atoms with van der Waals surface area (Å²) in [5.74, 6) is 2.53. The Hall–Kier alpha value is -1.22. The van der Waals surface area contributed by atoms with Crippen LogP contribution in [0.5, 0.6) is 0 Å². The first-order valence-corrected chi connectivity index (χ1v) is 11.7. The fraction of sp³-hybridized carbons (Fsp3) is 0.692. The molecule has 0 atom stereocenters. The fourth-order valence-electron chi connectivity index (χ4n) is 5.70. The van der Waals surface area contributed by atoms with Crippen LogP contribution in [0.25, 0.3) is 0 Å². The zero-order valence-corrected chi connectivity index (χ0v) is 18.1.